The summed E-state index contributed by atoms with van der Waals surface area (Å²) in [7, 11) is 0. The molecule has 1 aromatic carbocycles. The standard InChI is InChI=1S/C17H28N2O/c1-12(9-10-18)6-8-17(20)19-15(4)16-7-5-13(2)11-14(16)3/h5,7,11-12,15H,6,8-10,18H2,1-4H3,(H,19,20). The van der Waals surface area contributed by atoms with E-state index in [9.17, 15) is 4.79 Å². The van der Waals surface area contributed by atoms with Gasteiger partial charge in [-0.15, -0.1) is 0 Å². The van der Waals surface area contributed by atoms with Crippen LogP contribution in [0.4, 0.5) is 0 Å². The number of hydrogen-bond donors (Lipinski definition) is 2. The van der Waals surface area contributed by atoms with Crippen molar-refractivity contribution in [3.05, 3.63) is 34.9 Å². The first-order valence-corrected chi connectivity index (χ1v) is 7.50. The number of rotatable bonds is 7. The number of carbonyl (C=O) groups excluding carboxylic acids is 1. The first-order chi connectivity index (χ1) is 9.43. The third-order valence-electron chi connectivity index (χ3n) is 3.79. The molecule has 0 aromatic heterocycles. The summed E-state index contributed by atoms with van der Waals surface area (Å²) < 4.78 is 0. The van der Waals surface area contributed by atoms with Gasteiger partial charge in [-0.1, -0.05) is 30.7 Å². The van der Waals surface area contributed by atoms with E-state index in [1.54, 1.807) is 0 Å². The average Bonchev–Trinajstić information content (AvgIpc) is 2.36. The predicted octanol–water partition coefficient (Wildman–Crippen LogP) is 3.25. The molecular weight excluding hydrogens is 248 g/mol. The number of benzene rings is 1. The second-order valence-corrected chi connectivity index (χ2v) is 5.87. The van der Waals surface area contributed by atoms with E-state index in [1.807, 2.05) is 6.92 Å². The van der Waals surface area contributed by atoms with Crippen LogP contribution in [0.25, 0.3) is 0 Å². The molecule has 20 heavy (non-hydrogen) atoms. The van der Waals surface area contributed by atoms with E-state index in [-0.39, 0.29) is 11.9 Å². The largest absolute Gasteiger partial charge is 0.350 e. The molecule has 3 nitrogen and oxygen atoms in total. The highest BCUT2D eigenvalue weighted by Gasteiger charge is 2.12. The molecule has 0 radical (unpaired) electrons. The Morgan fingerprint density at radius 3 is 2.55 bits per heavy atom. The maximum atomic E-state index is 12.0. The monoisotopic (exact) mass is 276 g/mol. The molecule has 1 rings (SSSR count). The summed E-state index contributed by atoms with van der Waals surface area (Å²) in [5.41, 5.74) is 9.20. The fraction of sp³-hybridized carbons (Fsp3) is 0.588. The third-order valence-corrected chi connectivity index (χ3v) is 3.79. The molecule has 3 heteroatoms. The lowest BCUT2D eigenvalue weighted by molar-refractivity contribution is -0.122. The van der Waals surface area contributed by atoms with Gasteiger partial charge in [0.05, 0.1) is 6.04 Å². The SMILES string of the molecule is Cc1ccc(C(C)NC(=O)CCC(C)CCN)c(C)c1. The van der Waals surface area contributed by atoms with Gasteiger partial charge in [-0.3, -0.25) is 4.79 Å². The van der Waals surface area contributed by atoms with Gasteiger partial charge in [-0.2, -0.15) is 0 Å². The minimum atomic E-state index is 0.0629. The molecule has 1 amide bonds. The molecule has 3 N–H and O–H groups in total. The number of nitrogens with one attached hydrogen (secondary N) is 1. The third kappa shape index (κ3) is 5.33. The Balaban J connectivity index is 2.49. The fourth-order valence-corrected chi connectivity index (χ4v) is 2.51. The van der Waals surface area contributed by atoms with Crippen LogP contribution in [0.5, 0.6) is 0 Å². The van der Waals surface area contributed by atoms with Crippen LogP contribution in [0.1, 0.15) is 55.8 Å². The van der Waals surface area contributed by atoms with Crippen molar-refractivity contribution in [1.82, 2.24) is 5.32 Å². The predicted molar refractivity (Wildman–Crippen MR) is 84.5 cm³/mol. The zero-order valence-electron chi connectivity index (χ0n) is 13.2. The Kier molecular flexibility index (Phi) is 6.73. The van der Waals surface area contributed by atoms with E-state index in [4.69, 9.17) is 5.73 Å². The average molecular weight is 276 g/mol. The van der Waals surface area contributed by atoms with Crippen LogP contribution in [0, 0.1) is 19.8 Å². The second-order valence-electron chi connectivity index (χ2n) is 5.87. The number of nitrogens with two attached hydrogens (primary N) is 1. The topological polar surface area (TPSA) is 55.1 Å². The smallest absolute Gasteiger partial charge is 0.220 e. The molecular formula is C17H28N2O. The molecule has 1 aromatic rings. The second kappa shape index (κ2) is 8.05. The zero-order chi connectivity index (χ0) is 15.1. The van der Waals surface area contributed by atoms with E-state index in [0.29, 0.717) is 18.9 Å². The molecule has 112 valence electrons. The van der Waals surface area contributed by atoms with Gasteiger partial charge < -0.3 is 11.1 Å². The highest BCUT2D eigenvalue weighted by molar-refractivity contribution is 5.76. The number of hydrogen-bond acceptors (Lipinski definition) is 2. The first kappa shape index (κ1) is 16.7. The Hall–Kier alpha value is -1.35. The molecule has 2 atom stereocenters. The Morgan fingerprint density at radius 2 is 1.95 bits per heavy atom. The molecule has 2 unspecified atom stereocenters. The van der Waals surface area contributed by atoms with Crippen LogP contribution >= 0.6 is 0 Å². The van der Waals surface area contributed by atoms with Crippen LogP contribution in [0.15, 0.2) is 18.2 Å². The van der Waals surface area contributed by atoms with Crippen molar-refractivity contribution in [3.63, 3.8) is 0 Å². The van der Waals surface area contributed by atoms with Crippen molar-refractivity contribution >= 4 is 5.91 Å². The van der Waals surface area contributed by atoms with Crippen LogP contribution < -0.4 is 11.1 Å². The molecule has 0 heterocycles. The quantitative estimate of drug-likeness (QED) is 0.803. The molecule has 0 saturated carbocycles. The van der Waals surface area contributed by atoms with Crippen LogP contribution in [-0.4, -0.2) is 12.5 Å². The molecule has 0 aliphatic rings. The minimum absolute atomic E-state index is 0.0629. The van der Waals surface area contributed by atoms with Gasteiger partial charge in [0.25, 0.3) is 0 Å². The number of amides is 1. The minimum Gasteiger partial charge on any atom is -0.350 e. The van der Waals surface area contributed by atoms with Gasteiger partial charge in [0, 0.05) is 6.42 Å². The van der Waals surface area contributed by atoms with Crippen molar-refractivity contribution in [3.8, 4) is 0 Å². The van der Waals surface area contributed by atoms with Crippen LogP contribution in [-0.2, 0) is 4.79 Å². The summed E-state index contributed by atoms with van der Waals surface area (Å²) in [5.74, 6) is 0.642. The van der Waals surface area contributed by atoms with Crippen LogP contribution in [0.3, 0.4) is 0 Å². The lowest BCUT2D eigenvalue weighted by Gasteiger charge is -2.18. The van der Waals surface area contributed by atoms with Gasteiger partial charge in [0.2, 0.25) is 5.91 Å². The molecule has 0 aliphatic heterocycles. The zero-order valence-corrected chi connectivity index (χ0v) is 13.2. The van der Waals surface area contributed by atoms with E-state index >= 15 is 0 Å². The van der Waals surface area contributed by atoms with Gasteiger partial charge in [-0.05, 0) is 57.2 Å². The van der Waals surface area contributed by atoms with Crippen molar-refractivity contribution < 1.29 is 4.79 Å². The molecule has 0 aliphatic carbocycles. The summed E-state index contributed by atoms with van der Waals surface area (Å²) in [6.45, 7) is 9.06. The van der Waals surface area contributed by atoms with Crippen molar-refractivity contribution in [2.75, 3.05) is 6.54 Å². The summed E-state index contributed by atoms with van der Waals surface area (Å²) in [5, 5.41) is 3.08. The lowest BCUT2D eigenvalue weighted by Crippen LogP contribution is -2.27. The first-order valence-electron chi connectivity index (χ1n) is 7.50. The van der Waals surface area contributed by atoms with Crippen molar-refractivity contribution in [2.45, 2.75) is 53.0 Å². The lowest BCUT2D eigenvalue weighted by atomic mass is 9.99. The molecule has 0 fully saturated rings. The van der Waals surface area contributed by atoms with Gasteiger partial charge >= 0.3 is 0 Å². The molecule has 0 saturated heterocycles. The van der Waals surface area contributed by atoms with Crippen LogP contribution in [0.2, 0.25) is 0 Å². The number of carbonyl (C=O) groups is 1. The van der Waals surface area contributed by atoms with E-state index in [2.05, 4.69) is 44.3 Å². The normalized spacial score (nSPS) is 13.8. The van der Waals surface area contributed by atoms with E-state index in [1.165, 1.54) is 16.7 Å². The van der Waals surface area contributed by atoms with Gasteiger partial charge in [-0.25, -0.2) is 0 Å². The summed E-state index contributed by atoms with van der Waals surface area (Å²) in [6.07, 6.45) is 2.47. The summed E-state index contributed by atoms with van der Waals surface area (Å²) >= 11 is 0. The summed E-state index contributed by atoms with van der Waals surface area (Å²) in [4.78, 5) is 12.0. The Labute approximate surface area is 122 Å². The highest BCUT2D eigenvalue weighted by atomic mass is 16.1. The fourth-order valence-electron chi connectivity index (χ4n) is 2.51. The van der Waals surface area contributed by atoms with E-state index in [0.717, 1.165) is 12.8 Å². The number of aryl methyl sites for hydroxylation is 2. The van der Waals surface area contributed by atoms with Gasteiger partial charge in [0.1, 0.15) is 0 Å². The van der Waals surface area contributed by atoms with Crippen molar-refractivity contribution in [1.29, 1.82) is 0 Å². The van der Waals surface area contributed by atoms with Gasteiger partial charge in [0.15, 0.2) is 0 Å². The van der Waals surface area contributed by atoms with E-state index < -0.39 is 0 Å². The maximum Gasteiger partial charge on any atom is 0.220 e. The molecule has 0 spiro atoms. The highest BCUT2D eigenvalue weighted by Crippen LogP contribution is 2.19. The maximum absolute atomic E-state index is 12.0. The Bertz CT molecular complexity index is 443. The Morgan fingerprint density at radius 1 is 1.25 bits per heavy atom. The summed E-state index contributed by atoms with van der Waals surface area (Å²) in [6, 6.07) is 6.41. The van der Waals surface area contributed by atoms with Crippen molar-refractivity contribution in [2.24, 2.45) is 11.7 Å². The molecule has 0 bridgehead atoms.